The van der Waals surface area contributed by atoms with Crippen molar-refractivity contribution < 1.29 is 13.5 Å². The Hall–Kier alpha value is -1.36. The fourth-order valence-electron chi connectivity index (χ4n) is 1.29. The molecule has 1 aromatic rings. The molecule has 0 atom stereocenters. The van der Waals surface area contributed by atoms with Crippen LogP contribution in [0, 0.1) is 11.6 Å². The number of hydrogen-bond donors (Lipinski definition) is 2. The summed E-state index contributed by atoms with van der Waals surface area (Å²) in [5.74, 6) is -1.34. The van der Waals surface area contributed by atoms with Gasteiger partial charge in [-0.3, -0.25) is 0 Å². The molecular formula is C11H16F2N2O. The Bertz CT molecular complexity index is 322. The molecule has 0 aromatic heterocycles. The van der Waals surface area contributed by atoms with E-state index in [-0.39, 0.29) is 11.4 Å². The lowest BCUT2D eigenvalue weighted by Gasteiger charge is -2.09. The van der Waals surface area contributed by atoms with Gasteiger partial charge in [0.25, 0.3) is 0 Å². The van der Waals surface area contributed by atoms with E-state index in [2.05, 4.69) is 5.32 Å². The average molecular weight is 230 g/mol. The number of halogens is 2. The predicted octanol–water partition coefficient (Wildman–Crippen LogP) is 2.39. The third-order valence-corrected chi connectivity index (χ3v) is 2.04. The Labute approximate surface area is 93.6 Å². The summed E-state index contributed by atoms with van der Waals surface area (Å²) in [6.07, 6.45) is 0.692. The molecule has 3 N–H and O–H groups in total. The molecule has 0 saturated carbocycles. The second-order valence-electron chi connectivity index (χ2n) is 3.34. The Morgan fingerprint density at radius 1 is 1.31 bits per heavy atom. The Morgan fingerprint density at radius 3 is 2.50 bits per heavy atom. The van der Waals surface area contributed by atoms with Crippen molar-refractivity contribution >= 4 is 11.4 Å². The second-order valence-corrected chi connectivity index (χ2v) is 3.34. The van der Waals surface area contributed by atoms with Crippen LogP contribution < -0.4 is 11.1 Å². The zero-order valence-electron chi connectivity index (χ0n) is 9.22. The van der Waals surface area contributed by atoms with Crippen LogP contribution in [0.25, 0.3) is 0 Å². The van der Waals surface area contributed by atoms with Gasteiger partial charge in [-0.05, 0) is 25.5 Å². The number of nitrogens with one attached hydrogen (secondary N) is 1. The predicted molar refractivity (Wildman–Crippen MR) is 60.4 cm³/mol. The van der Waals surface area contributed by atoms with Crippen molar-refractivity contribution in [1.29, 1.82) is 0 Å². The quantitative estimate of drug-likeness (QED) is 0.582. The highest BCUT2D eigenvalue weighted by Crippen LogP contribution is 2.21. The maximum atomic E-state index is 13.3. The van der Waals surface area contributed by atoms with Gasteiger partial charge in [0.1, 0.15) is 5.69 Å². The lowest BCUT2D eigenvalue weighted by Crippen LogP contribution is -2.09. The summed E-state index contributed by atoms with van der Waals surface area (Å²) < 4.78 is 31.6. The van der Waals surface area contributed by atoms with E-state index < -0.39 is 11.6 Å². The third kappa shape index (κ3) is 3.66. The number of nitrogen functional groups attached to an aromatic ring is 1. The van der Waals surface area contributed by atoms with E-state index in [0.29, 0.717) is 26.2 Å². The highest BCUT2D eigenvalue weighted by molar-refractivity contribution is 5.53. The topological polar surface area (TPSA) is 47.3 Å². The van der Waals surface area contributed by atoms with E-state index in [0.717, 1.165) is 12.1 Å². The number of nitrogens with two attached hydrogens (primary N) is 1. The molecular weight excluding hydrogens is 214 g/mol. The molecule has 3 nitrogen and oxygen atoms in total. The summed E-state index contributed by atoms with van der Waals surface area (Å²) in [5, 5.41) is 2.68. The van der Waals surface area contributed by atoms with Gasteiger partial charge in [0, 0.05) is 25.4 Å². The molecule has 0 aliphatic rings. The van der Waals surface area contributed by atoms with E-state index in [4.69, 9.17) is 10.5 Å². The summed E-state index contributed by atoms with van der Waals surface area (Å²) in [4.78, 5) is 0. The molecule has 16 heavy (non-hydrogen) atoms. The van der Waals surface area contributed by atoms with E-state index in [9.17, 15) is 8.78 Å². The van der Waals surface area contributed by atoms with E-state index in [1.807, 2.05) is 6.92 Å². The summed E-state index contributed by atoms with van der Waals surface area (Å²) in [6.45, 7) is 3.57. The van der Waals surface area contributed by atoms with Crippen LogP contribution in [0.15, 0.2) is 12.1 Å². The largest absolute Gasteiger partial charge is 0.399 e. The Balaban J connectivity index is 2.47. The minimum absolute atomic E-state index is 0.0786. The van der Waals surface area contributed by atoms with Crippen LogP contribution in [-0.4, -0.2) is 19.8 Å². The maximum Gasteiger partial charge on any atom is 0.151 e. The molecule has 0 aliphatic carbocycles. The second kappa shape index (κ2) is 6.27. The maximum absolute atomic E-state index is 13.3. The fourth-order valence-corrected chi connectivity index (χ4v) is 1.29. The average Bonchev–Trinajstić information content (AvgIpc) is 2.20. The number of benzene rings is 1. The van der Waals surface area contributed by atoms with E-state index in [1.165, 1.54) is 0 Å². The van der Waals surface area contributed by atoms with E-state index in [1.54, 1.807) is 0 Å². The van der Waals surface area contributed by atoms with Gasteiger partial charge < -0.3 is 15.8 Å². The monoisotopic (exact) mass is 230 g/mol. The molecule has 0 amide bonds. The third-order valence-electron chi connectivity index (χ3n) is 2.04. The molecule has 5 heteroatoms. The first-order valence-electron chi connectivity index (χ1n) is 5.21. The van der Waals surface area contributed by atoms with Crippen molar-refractivity contribution in [2.24, 2.45) is 0 Å². The molecule has 0 aliphatic heterocycles. The Kier molecular flexibility index (Phi) is 4.98. The SMILES string of the molecule is CCOCCCNc1c(F)cc(N)cc1F. The molecule has 0 saturated heterocycles. The summed E-state index contributed by atoms with van der Waals surface area (Å²) >= 11 is 0. The molecule has 0 unspecified atom stereocenters. The molecule has 90 valence electrons. The first-order chi connectivity index (χ1) is 7.65. The summed E-state index contributed by atoms with van der Waals surface area (Å²) in [6, 6.07) is 2.18. The van der Waals surface area contributed by atoms with Gasteiger partial charge in [-0.1, -0.05) is 0 Å². The van der Waals surface area contributed by atoms with Crippen molar-refractivity contribution in [2.45, 2.75) is 13.3 Å². The van der Waals surface area contributed by atoms with Crippen LogP contribution in [0.4, 0.5) is 20.2 Å². The van der Waals surface area contributed by atoms with Crippen LogP contribution >= 0.6 is 0 Å². The van der Waals surface area contributed by atoms with Gasteiger partial charge in [-0.15, -0.1) is 0 Å². The lowest BCUT2D eigenvalue weighted by molar-refractivity contribution is 0.147. The zero-order valence-corrected chi connectivity index (χ0v) is 9.22. The first-order valence-corrected chi connectivity index (χ1v) is 5.21. The minimum Gasteiger partial charge on any atom is -0.399 e. The first kappa shape index (κ1) is 12.7. The lowest BCUT2D eigenvalue weighted by atomic mass is 10.2. The molecule has 0 fully saturated rings. The van der Waals surface area contributed by atoms with Crippen molar-refractivity contribution in [3.05, 3.63) is 23.8 Å². The normalized spacial score (nSPS) is 10.4. The van der Waals surface area contributed by atoms with Crippen LogP contribution in [0.1, 0.15) is 13.3 Å². The molecule has 0 spiro atoms. The van der Waals surface area contributed by atoms with Crippen molar-refractivity contribution in [2.75, 3.05) is 30.8 Å². The zero-order chi connectivity index (χ0) is 12.0. The van der Waals surface area contributed by atoms with Crippen LogP contribution in [-0.2, 0) is 4.74 Å². The molecule has 0 bridgehead atoms. The summed E-state index contributed by atoms with van der Waals surface area (Å²) in [7, 11) is 0. The van der Waals surface area contributed by atoms with Gasteiger partial charge in [0.2, 0.25) is 0 Å². The minimum atomic E-state index is -0.672. The fraction of sp³-hybridized carbons (Fsp3) is 0.455. The highest BCUT2D eigenvalue weighted by atomic mass is 19.1. The van der Waals surface area contributed by atoms with Crippen molar-refractivity contribution in [1.82, 2.24) is 0 Å². The smallest absolute Gasteiger partial charge is 0.151 e. The van der Waals surface area contributed by atoms with Crippen LogP contribution in [0.5, 0.6) is 0 Å². The standard InChI is InChI=1S/C11H16F2N2O/c1-2-16-5-3-4-15-11-9(12)6-8(14)7-10(11)13/h6-7,15H,2-5,14H2,1H3. The Morgan fingerprint density at radius 2 is 1.94 bits per heavy atom. The van der Waals surface area contributed by atoms with Gasteiger partial charge in [-0.25, -0.2) is 8.78 Å². The van der Waals surface area contributed by atoms with Crippen molar-refractivity contribution in [3.63, 3.8) is 0 Å². The van der Waals surface area contributed by atoms with Crippen molar-refractivity contribution in [3.8, 4) is 0 Å². The number of hydrogen-bond acceptors (Lipinski definition) is 3. The van der Waals surface area contributed by atoms with Gasteiger partial charge in [-0.2, -0.15) is 0 Å². The van der Waals surface area contributed by atoms with E-state index >= 15 is 0 Å². The molecule has 1 rings (SSSR count). The highest BCUT2D eigenvalue weighted by Gasteiger charge is 2.09. The van der Waals surface area contributed by atoms with Gasteiger partial charge >= 0.3 is 0 Å². The summed E-state index contributed by atoms with van der Waals surface area (Å²) in [5.41, 5.74) is 5.24. The van der Waals surface area contributed by atoms with Gasteiger partial charge in [0.15, 0.2) is 11.6 Å². The van der Waals surface area contributed by atoms with Crippen LogP contribution in [0.3, 0.4) is 0 Å². The van der Waals surface area contributed by atoms with Crippen LogP contribution in [0.2, 0.25) is 0 Å². The number of ether oxygens (including phenoxy) is 1. The molecule has 0 heterocycles. The number of anilines is 2. The molecule has 0 radical (unpaired) electrons. The number of rotatable bonds is 6. The molecule has 1 aromatic carbocycles. The van der Waals surface area contributed by atoms with Gasteiger partial charge in [0.05, 0.1) is 0 Å².